The summed E-state index contributed by atoms with van der Waals surface area (Å²) in [5, 5.41) is 19.2. The molecule has 27 heavy (non-hydrogen) atoms. The number of benzene rings is 1. The average Bonchev–Trinajstić information content (AvgIpc) is 3.37. The van der Waals surface area contributed by atoms with Gasteiger partial charge in [0, 0.05) is 23.9 Å². The zero-order valence-corrected chi connectivity index (χ0v) is 15.5. The lowest BCUT2D eigenvalue weighted by molar-refractivity contribution is 0.204. The molecule has 1 saturated heterocycles. The number of urea groups is 1. The van der Waals surface area contributed by atoms with E-state index in [4.69, 9.17) is 4.52 Å². The Bertz CT molecular complexity index is 978. The molecule has 1 unspecified atom stereocenters. The number of aryl methyl sites for hydroxylation is 3. The molecule has 0 aliphatic carbocycles. The van der Waals surface area contributed by atoms with E-state index in [2.05, 4.69) is 25.9 Å². The molecule has 0 radical (unpaired) electrons. The number of nitrogens with one attached hydrogen (secondary N) is 1. The van der Waals surface area contributed by atoms with Crippen LogP contribution < -0.4 is 5.32 Å². The number of hydrogen-bond acceptors (Lipinski definition) is 6. The van der Waals surface area contributed by atoms with Gasteiger partial charge in [0.15, 0.2) is 0 Å². The molecule has 1 aliphatic heterocycles. The smallest absolute Gasteiger partial charge is 0.322 e. The summed E-state index contributed by atoms with van der Waals surface area (Å²) in [6, 6.07) is 7.40. The topological polar surface area (TPSA) is 102 Å². The molecule has 140 valence electrons. The lowest BCUT2D eigenvalue weighted by Crippen LogP contribution is -2.34. The minimum atomic E-state index is -0.148. The summed E-state index contributed by atoms with van der Waals surface area (Å²) in [6.07, 6.45) is 1.81. The number of carbonyl (C=O) groups is 1. The first-order chi connectivity index (χ1) is 13.0. The summed E-state index contributed by atoms with van der Waals surface area (Å²) < 4.78 is 5.18. The third-order valence-corrected chi connectivity index (χ3v) is 4.75. The molecule has 3 heterocycles. The number of aromatic nitrogens is 5. The summed E-state index contributed by atoms with van der Waals surface area (Å²) >= 11 is 0. The standard InChI is InChI=1S/C18H21N7O2/c1-11-6-7-13(17-20-23-24(3)21-17)10-14(11)19-18(26)25-8-4-5-16(25)15-9-12(2)27-22-15/h6-7,9-10,16H,4-5,8H2,1-3H3,(H,19,26). The van der Waals surface area contributed by atoms with E-state index >= 15 is 0 Å². The highest BCUT2D eigenvalue weighted by Gasteiger charge is 2.32. The quantitative estimate of drug-likeness (QED) is 0.764. The Balaban J connectivity index is 1.55. The van der Waals surface area contributed by atoms with Crippen LogP contribution in [0.5, 0.6) is 0 Å². The first kappa shape index (κ1) is 17.2. The van der Waals surface area contributed by atoms with Crippen LogP contribution in [0, 0.1) is 13.8 Å². The lowest BCUT2D eigenvalue weighted by Gasteiger charge is -2.24. The fourth-order valence-corrected chi connectivity index (χ4v) is 3.34. The molecule has 0 spiro atoms. The summed E-state index contributed by atoms with van der Waals surface area (Å²) in [7, 11) is 1.71. The highest BCUT2D eigenvalue weighted by molar-refractivity contribution is 5.91. The zero-order valence-electron chi connectivity index (χ0n) is 15.5. The second-order valence-electron chi connectivity index (χ2n) is 6.78. The van der Waals surface area contributed by atoms with E-state index in [0.29, 0.717) is 12.4 Å². The van der Waals surface area contributed by atoms with Crippen molar-refractivity contribution >= 4 is 11.7 Å². The Hall–Kier alpha value is -3.23. The van der Waals surface area contributed by atoms with Crippen molar-refractivity contribution < 1.29 is 9.32 Å². The van der Waals surface area contributed by atoms with Gasteiger partial charge in [0.2, 0.25) is 5.82 Å². The van der Waals surface area contributed by atoms with E-state index in [9.17, 15) is 4.79 Å². The van der Waals surface area contributed by atoms with E-state index in [0.717, 1.165) is 41.1 Å². The Morgan fingerprint density at radius 1 is 1.30 bits per heavy atom. The number of amides is 2. The molecule has 2 amide bonds. The Morgan fingerprint density at radius 2 is 2.15 bits per heavy atom. The predicted molar refractivity (Wildman–Crippen MR) is 97.9 cm³/mol. The van der Waals surface area contributed by atoms with Crippen molar-refractivity contribution in [3.8, 4) is 11.4 Å². The van der Waals surface area contributed by atoms with E-state index in [-0.39, 0.29) is 12.1 Å². The predicted octanol–water partition coefficient (Wildman–Crippen LogP) is 2.85. The molecule has 0 bridgehead atoms. The maximum atomic E-state index is 12.9. The Kier molecular flexibility index (Phi) is 4.35. The molecule has 0 saturated carbocycles. The Morgan fingerprint density at radius 3 is 2.85 bits per heavy atom. The zero-order chi connectivity index (χ0) is 19.0. The van der Waals surface area contributed by atoms with E-state index in [1.54, 1.807) is 7.05 Å². The van der Waals surface area contributed by atoms with E-state index < -0.39 is 0 Å². The second kappa shape index (κ2) is 6.82. The summed E-state index contributed by atoms with van der Waals surface area (Å²) in [5.41, 5.74) is 3.29. The number of likely N-dealkylation sites (tertiary alicyclic amines) is 1. The average molecular weight is 367 g/mol. The highest BCUT2D eigenvalue weighted by Crippen LogP contribution is 2.32. The highest BCUT2D eigenvalue weighted by atomic mass is 16.5. The van der Waals surface area contributed by atoms with Crippen molar-refractivity contribution in [3.05, 3.63) is 41.3 Å². The monoisotopic (exact) mass is 367 g/mol. The van der Waals surface area contributed by atoms with Crippen LogP contribution in [0.2, 0.25) is 0 Å². The van der Waals surface area contributed by atoms with Gasteiger partial charge < -0.3 is 14.7 Å². The molecule has 9 heteroatoms. The molecule has 4 rings (SSSR count). The van der Waals surface area contributed by atoms with Gasteiger partial charge >= 0.3 is 6.03 Å². The van der Waals surface area contributed by atoms with Crippen LogP contribution in [0.25, 0.3) is 11.4 Å². The van der Waals surface area contributed by atoms with Gasteiger partial charge in [-0.15, -0.1) is 10.2 Å². The van der Waals surface area contributed by atoms with Gasteiger partial charge in [-0.2, -0.15) is 4.80 Å². The molecule has 1 fully saturated rings. The van der Waals surface area contributed by atoms with Crippen LogP contribution in [0.15, 0.2) is 28.8 Å². The van der Waals surface area contributed by atoms with Gasteiger partial charge in [0.05, 0.1) is 13.1 Å². The first-order valence-corrected chi connectivity index (χ1v) is 8.87. The number of carbonyl (C=O) groups excluding carboxylic acids is 1. The minimum Gasteiger partial charge on any atom is -0.361 e. The van der Waals surface area contributed by atoms with Crippen LogP contribution in [0.3, 0.4) is 0 Å². The third-order valence-electron chi connectivity index (χ3n) is 4.75. The van der Waals surface area contributed by atoms with Gasteiger partial charge in [-0.3, -0.25) is 0 Å². The van der Waals surface area contributed by atoms with Gasteiger partial charge in [0.25, 0.3) is 0 Å². The second-order valence-corrected chi connectivity index (χ2v) is 6.78. The molecular formula is C18H21N7O2. The number of rotatable bonds is 3. The van der Waals surface area contributed by atoms with Crippen molar-refractivity contribution in [1.82, 2.24) is 30.3 Å². The van der Waals surface area contributed by atoms with Crippen LogP contribution in [-0.4, -0.2) is 42.8 Å². The fourth-order valence-electron chi connectivity index (χ4n) is 3.34. The molecular weight excluding hydrogens is 346 g/mol. The van der Waals surface area contributed by atoms with Crippen molar-refractivity contribution in [2.75, 3.05) is 11.9 Å². The first-order valence-electron chi connectivity index (χ1n) is 8.87. The fraction of sp³-hybridized carbons (Fsp3) is 0.389. The molecule has 1 aliphatic rings. The van der Waals surface area contributed by atoms with Crippen molar-refractivity contribution in [3.63, 3.8) is 0 Å². The van der Waals surface area contributed by atoms with Crippen LogP contribution >= 0.6 is 0 Å². The molecule has 1 aromatic carbocycles. The SMILES string of the molecule is Cc1cc(C2CCCN2C(=O)Nc2cc(-c3nnn(C)n3)ccc2C)no1. The maximum Gasteiger partial charge on any atom is 0.322 e. The van der Waals surface area contributed by atoms with E-state index in [1.165, 1.54) is 4.80 Å². The van der Waals surface area contributed by atoms with Gasteiger partial charge in [0.1, 0.15) is 11.5 Å². The number of tetrazole rings is 1. The largest absolute Gasteiger partial charge is 0.361 e. The normalized spacial score (nSPS) is 16.7. The number of nitrogens with zero attached hydrogens (tertiary/aromatic N) is 6. The molecule has 3 aromatic rings. The molecule has 1 N–H and O–H groups in total. The van der Waals surface area contributed by atoms with E-state index in [1.807, 2.05) is 43.0 Å². The number of anilines is 1. The number of hydrogen-bond donors (Lipinski definition) is 1. The van der Waals surface area contributed by atoms with Crippen LogP contribution in [0.4, 0.5) is 10.5 Å². The third kappa shape index (κ3) is 3.40. The van der Waals surface area contributed by atoms with Gasteiger partial charge in [-0.25, -0.2) is 4.79 Å². The van der Waals surface area contributed by atoms with Crippen molar-refractivity contribution in [1.29, 1.82) is 0 Å². The lowest BCUT2D eigenvalue weighted by atomic mass is 10.1. The molecule has 9 nitrogen and oxygen atoms in total. The van der Waals surface area contributed by atoms with Crippen LogP contribution in [-0.2, 0) is 7.05 Å². The van der Waals surface area contributed by atoms with Gasteiger partial charge in [-0.05, 0) is 43.5 Å². The van der Waals surface area contributed by atoms with Crippen molar-refractivity contribution in [2.45, 2.75) is 32.7 Å². The van der Waals surface area contributed by atoms with Crippen LogP contribution in [0.1, 0.15) is 35.9 Å². The Labute approximate surface area is 156 Å². The summed E-state index contributed by atoms with van der Waals surface area (Å²) in [4.78, 5) is 16.1. The van der Waals surface area contributed by atoms with Crippen molar-refractivity contribution in [2.24, 2.45) is 7.05 Å². The minimum absolute atomic E-state index is 0.0624. The van der Waals surface area contributed by atoms with Gasteiger partial charge in [-0.1, -0.05) is 17.3 Å². The summed E-state index contributed by atoms with van der Waals surface area (Å²) in [5.74, 6) is 1.27. The molecule has 2 aromatic heterocycles. The maximum absolute atomic E-state index is 12.9. The summed E-state index contributed by atoms with van der Waals surface area (Å²) in [6.45, 7) is 4.49. The molecule has 1 atom stereocenters.